The van der Waals surface area contributed by atoms with E-state index in [2.05, 4.69) is 4.98 Å². The Bertz CT molecular complexity index is 953. The van der Waals surface area contributed by atoms with E-state index in [1.54, 1.807) is 20.8 Å². The summed E-state index contributed by atoms with van der Waals surface area (Å²) in [4.78, 5) is 42.8. The van der Waals surface area contributed by atoms with E-state index in [9.17, 15) is 18.8 Å². The molecule has 0 fully saturated rings. The number of esters is 1. The molecule has 1 amide bonds. The van der Waals surface area contributed by atoms with Crippen LogP contribution in [0, 0.1) is 19.7 Å². The summed E-state index contributed by atoms with van der Waals surface area (Å²) in [6, 6.07) is 4.54. The highest BCUT2D eigenvalue weighted by molar-refractivity contribution is 6.07. The van der Waals surface area contributed by atoms with Crippen LogP contribution >= 0.6 is 0 Å². The molecular formula is C23H29FN2O5. The number of aromatic nitrogens is 1. The number of carbonyl (C=O) groups is 3. The average Bonchev–Trinajstić information content (AvgIpc) is 3.05. The molecule has 0 saturated carbocycles. The van der Waals surface area contributed by atoms with Gasteiger partial charge in [-0.15, -0.1) is 0 Å². The zero-order chi connectivity index (χ0) is 23.1. The van der Waals surface area contributed by atoms with Gasteiger partial charge < -0.3 is 19.4 Å². The van der Waals surface area contributed by atoms with Crippen LogP contribution < -0.4 is 0 Å². The van der Waals surface area contributed by atoms with Crippen LogP contribution in [0.1, 0.15) is 62.7 Å². The summed E-state index contributed by atoms with van der Waals surface area (Å²) in [6.07, 6.45) is 0.519. The van der Waals surface area contributed by atoms with Gasteiger partial charge in [-0.3, -0.25) is 9.59 Å². The van der Waals surface area contributed by atoms with Crippen LogP contribution in [0.2, 0.25) is 0 Å². The zero-order valence-electron chi connectivity index (χ0n) is 18.6. The van der Waals surface area contributed by atoms with Crippen molar-refractivity contribution in [3.8, 4) is 0 Å². The third-order valence-corrected chi connectivity index (χ3v) is 5.14. The van der Waals surface area contributed by atoms with E-state index in [1.165, 1.54) is 30.2 Å². The minimum Gasteiger partial charge on any atom is -0.464 e. The van der Waals surface area contributed by atoms with Crippen molar-refractivity contribution >= 4 is 17.7 Å². The fourth-order valence-corrected chi connectivity index (χ4v) is 3.52. The van der Waals surface area contributed by atoms with Crippen molar-refractivity contribution in [3.63, 3.8) is 0 Å². The molecule has 2 aromatic rings. The average molecular weight is 432 g/mol. The monoisotopic (exact) mass is 432 g/mol. The van der Waals surface area contributed by atoms with Gasteiger partial charge in [-0.05, 0) is 57.9 Å². The second kappa shape index (κ2) is 10.9. The Kier molecular flexibility index (Phi) is 8.50. The number of hydrogen-bond donors (Lipinski definition) is 1. The number of halogens is 1. The third kappa shape index (κ3) is 5.58. The molecule has 168 valence electrons. The van der Waals surface area contributed by atoms with E-state index in [0.717, 1.165) is 6.07 Å². The highest BCUT2D eigenvalue weighted by atomic mass is 19.1. The molecule has 1 atom stereocenters. The lowest BCUT2D eigenvalue weighted by atomic mass is 9.99. The van der Waals surface area contributed by atoms with Gasteiger partial charge >= 0.3 is 5.97 Å². The number of aromatic amines is 1. The lowest BCUT2D eigenvalue weighted by Crippen LogP contribution is -2.44. The number of ether oxygens (including phenoxy) is 2. The van der Waals surface area contributed by atoms with Gasteiger partial charge in [0.2, 0.25) is 0 Å². The Morgan fingerprint density at radius 3 is 2.55 bits per heavy atom. The number of nitrogens with zero attached hydrogens (tertiary/aromatic N) is 1. The highest BCUT2D eigenvalue weighted by Gasteiger charge is 2.31. The largest absolute Gasteiger partial charge is 0.464 e. The number of hydrogen-bond acceptors (Lipinski definition) is 5. The van der Waals surface area contributed by atoms with Crippen LogP contribution in [0.4, 0.5) is 4.39 Å². The molecule has 1 heterocycles. The number of H-pyrrole nitrogens is 1. The van der Waals surface area contributed by atoms with E-state index in [0.29, 0.717) is 36.5 Å². The number of rotatable bonds is 10. The molecule has 2 rings (SSSR count). The zero-order valence-corrected chi connectivity index (χ0v) is 18.6. The first-order valence-electron chi connectivity index (χ1n) is 10.2. The van der Waals surface area contributed by atoms with Gasteiger partial charge in [0.25, 0.3) is 5.91 Å². The van der Waals surface area contributed by atoms with Gasteiger partial charge in [0.05, 0.1) is 13.2 Å². The second-order valence-electron chi connectivity index (χ2n) is 7.22. The van der Waals surface area contributed by atoms with Crippen molar-refractivity contribution in [2.45, 2.75) is 40.2 Å². The Morgan fingerprint density at radius 1 is 1.23 bits per heavy atom. The van der Waals surface area contributed by atoms with E-state index in [1.807, 2.05) is 6.92 Å². The number of nitrogens with one attached hydrogen (secondary N) is 1. The molecule has 1 aromatic carbocycles. The number of benzene rings is 1. The van der Waals surface area contributed by atoms with Gasteiger partial charge in [0.1, 0.15) is 11.5 Å². The molecule has 7 nitrogen and oxygen atoms in total. The van der Waals surface area contributed by atoms with Crippen LogP contribution in [0.5, 0.6) is 0 Å². The Morgan fingerprint density at radius 2 is 1.94 bits per heavy atom. The maximum Gasteiger partial charge on any atom is 0.354 e. The maximum atomic E-state index is 13.7. The minimum absolute atomic E-state index is 0.161. The van der Waals surface area contributed by atoms with Crippen molar-refractivity contribution < 1.29 is 28.2 Å². The van der Waals surface area contributed by atoms with Crippen LogP contribution in [0.15, 0.2) is 24.3 Å². The van der Waals surface area contributed by atoms with Crippen molar-refractivity contribution in [3.05, 3.63) is 58.2 Å². The Hall–Kier alpha value is -3.00. The minimum atomic E-state index is -0.837. The first-order valence-corrected chi connectivity index (χ1v) is 10.2. The molecule has 0 saturated heterocycles. The second-order valence-corrected chi connectivity index (χ2v) is 7.22. The van der Waals surface area contributed by atoms with E-state index in [-0.39, 0.29) is 23.6 Å². The molecule has 0 spiro atoms. The maximum absolute atomic E-state index is 13.7. The van der Waals surface area contributed by atoms with Crippen LogP contribution in [0.3, 0.4) is 0 Å². The van der Waals surface area contributed by atoms with Crippen LogP contribution in [0.25, 0.3) is 0 Å². The van der Waals surface area contributed by atoms with Crippen LogP contribution in [-0.4, -0.2) is 60.5 Å². The number of carbonyl (C=O) groups excluding carboxylic acids is 3. The molecule has 8 heteroatoms. The molecular weight excluding hydrogens is 403 g/mol. The van der Waals surface area contributed by atoms with Crippen molar-refractivity contribution in [2.75, 3.05) is 26.9 Å². The third-order valence-electron chi connectivity index (χ3n) is 5.14. The highest BCUT2D eigenvalue weighted by Crippen LogP contribution is 2.23. The number of Topliss-reactive ketones (excluding diaryl/α,β-unsaturated/α-hetero) is 1. The standard InChI is InChI=1S/C23H29FN2O5/c1-6-31-12-8-11-26(22(28)17-9-7-10-18(24)13-17)16(4)21(27)19-14(2)20(23(29)30-5)25-15(19)3/h7,9-10,13,16,25H,6,8,11-12H2,1-5H3. The molecule has 0 aliphatic carbocycles. The predicted octanol–water partition coefficient (Wildman–Crippen LogP) is 3.70. The van der Waals surface area contributed by atoms with E-state index >= 15 is 0 Å². The normalized spacial score (nSPS) is 11.8. The van der Waals surface area contributed by atoms with Crippen LogP contribution in [-0.2, 0) is 9.47 Å². The topological polar surface area (TPSA) is 88.7 Å². The van der Waals surface area contributed by atoms with E-state index < -0.39 is 23.7 Å². The van der Waals surface area contributed by atoms with Gasteiger partial charge in [-0.25, -0.2) is 9.18 Å². The van der Waals surface area contributed by atoms with E-state index in [4.69, 9.17) is 9.47 Å². The summed E-state index contributed by atoms with van der Waals surface area (Å²) in [7, 11) is 1.26. The lowest BCUT2D eigenvalue weighted by Gasteiger charge is -2.29. The number of ketones is 1. The molecule has 0 aliphatic heterocycles. The van der Waals surface area contributed by atoms with Crippen molar-refractivity contribution in [2.24, 2.45) is 0 Å². The van der Waals surface area contributed by atoms with Crippen molar-refractivity contribution in [1.82, 2.24) is 9.88 Å². The lowest BCUT2D eigenvalue weighted by molar-refractivity contribution is 0.0588. The molecule has 0 bridgehead atoms. The summed E-state index contributed by atoms with van der Waals surface area (Å²) in [5, 5.41) is 0. The predicted molar refractivity (Wildman–Crippen MR) is 114 cm³/mol. The summed E-state index contributed by atoms with van der Waals surface area (Å²) in [5.41, 5.74) is 1.69. The fourth-order valence-electron chi connectivity index (χ4n) is 3.52. The first-order chi connectivity index (χ1) is 14.7. The SMILES string of the molecule is CCOCCCN(C(=O)c1cccc(F)c1)C(C)C(=O)c1c(C)[nH]c(C(=O)OC)c1C. The van der Waals surface area contributed by atoms with Gasteiger partial charge in [0, 0.05) is 36.6 Å². The number of amides is 1. The van der Waals surface area contributed by atoms with Gasteiger partial charge in [-0.2, -0.15) is 0 Å². The molecule has 31 heavy (non-hydrogen) atoms. The van der Waals surface area contributed by atoms with Gasteiger partial charge in [0.15, 0.2) is 5.78 Å². The smallest absolute Gasteiger partial charge is 0.354 e. The Balaban J connectivity index is 2.36. The summed E-state index contributed by atoms with van der Waals surface area (Å²) >= 11 is 0. The fraction of sp³-hybridized carbons (Fsp3) is 0.435. The molecule has 1 unspecified atom stereocenters. The summed E-state index contributed by atoms with van der Waals surface area (Å²) < 4.78 is 23.8. The molecule has 1 aromatic heterocycles. The van der Waals surface area contributed by atoms with Gasteiger partial charge in [-0.1, -0.05) is 6.07 Å². The number of aryl methyl sites for hydroxylation is 1. The quantitative estimate of drug-likeness (QED) is 0.351. The summed E-state index contributed by atoms with van der Waals surface area (Å²) in [6.45, 7) is 8.08. The van der Waals surface area contributed by atoms with Crippen molar-refractivity contribution in [1.29, 1.82) is 0 Å². The first kappa shape index (κ1) is 24.3. The Labute approximate surface area is 181 Å². The number of methoxy groups -OCH3 is 1. The molecule has 0 aliphatic rings. The molecule has 1 N–H and O–H groups in total. The summed E-state index contributed by atoms with van der Waals surface area (Å²) in [5.74, 6) is -1.87. The molecule has 0 radical (unpaired) electrons.